The molecule has 1 aromatic rings. The lowest BCUT2D eigenvalue weighted by molar-refractivity contribution is 0.599. The van der Waals surface area contributed by atoms with E-state index in [1.165, 1.54) is 0 Å². The molecule has 0 saturated carbocycles. The fourth-order valence-electron chi connectivity index (χ4n) is 1.46. The molecule has 1 nitrogen and oxygen atoms in total. The number of benzene rings is 1. The lowest BCUT2D eigenvalue weighted by Crippen LogP contribution is -2.00. The molecule has 0 saturated heterocycles. The second kappa shape index (κ2) is 4.38. The molecule has 1 aliphatic heterocycles. The molecule has 0 amide bonds. The first kappa shape index (κ1) is 10.2. The maximum Gasteiger partial charge on any atom is 0.130 e. The summed E-state index contributed by atoms with van der Waals surface area (Å²) < 4.78 is 13.3. The van der Waals surface area contributed by atoms with Gasteiger partial charge < -0.3 is 5.32 Å². The van der Waals surface area contributed by atoms with Crippen LogP contribution in [0.15, 0.2) is 12.1 Å². The number of fused-ring (bicyclic) bond motifs is 1. The molecule has 1 aliphatic rings. The van der Waals surface area contributed by atoms with Crippen LogP contribution in [0.25, 0.3) is 0 Å². The minimum absolute atomic E-state index is 0.0347. The van der Waals surface area contributed by atoms with Crippen molar-refractivity contribution in [3.63, 3.8) is 0 Å². The van der Waals surface area contributed by atoms with E-state index in [0.717, 1.165) is 23.2 Å². The molecule has 0 bridgehead atoms. The summed E-state index contributed by atoms with van der Waals surface area (Å²) in [4.78, 5) is 0. The lowest BCUT2D eigenvalue weighted by Gasteiger charge is -2.01. The van der Waals surface area contributed by atoms with Crippen molar-refractivity contribution in [2.24, 2.45) is 0 Å². The minimum Gasteiger partial charge on any atom is -0.308 e. The predicted octanol–water partition coefficient (Wildman–Crippen LogP) is 2.76. The van der Waals surface area contributed by atoms with E-state index in [0.29, 0.717) is 6.54 Å². The number of hydrogen-bond donors (Lipinski definition) is 1. The Morgan fingerprint density at radius 1 is 1.23 bits per heavy atom. The van der Waals surface area contributed by atoms with Crippen LogP contribution in [0.4, 0.5) is 4.39 Å². The van der Waals surface area contributed by atoms with Crippen LogP contribution in [0.5, 0.6) is 0 Å². The van der Waals surface area contributed by atoms with Crippen LogP contribution in [0.1, 0.15) is 30.5 Å². The summed E-state index contributed by atoms with van der Waals surface area (Å²) in [6.45, 7) is 7.29. The summed E-state index contributed by atoms with van der Waals surface area (Å²) >= 11 is 0. The van der Waals surface area contributed by atoms with Crippen LogP contribution in [0.3, 0.4) is 0 Å². The van der Waals surface area contributed by atoms with E-state index in [9.17, 15) is 4.39 Å². The standard InChI is InChI=1S/C9H10FN.C2H6/c1-6-2-3-7-4-11-5-8(7)9(6)10;1-2/h2-3,11H,4-5H2,1H3;1-2H3. The Morgan fingerprint density at radius 3 is 2.62 bits per heavy atom. The van der Waals surface area contributed by atoms with Gasteiger partial charge in [-0.25, -0.2) is 4.39 Å². The van der Waals surface area contributed by atoms with Crippen molar-refractivity contribution in [1.29, 1.82) is 0 Å². The Morgan fingerprint density at radius 2 is 1.92 bits per heavy atom. The summed E-state index contributed by atoms with van der Waals surface area (Å²) in [6.07, 6.45) is 0. The second-order valence-corrected chi connectivity index (χ2v) is 2.94. The SMILES string of the molecule is CC.Cc1ccc2c(c1F)CNC2. The quantitative estimate of drug-likeness (QED) is 0.649. The van der Waals surface area contributed by atoms with Crippen molar-refractivity contribution < 1.29 is 4.39 Å². The Balaban J connectivity index is 0.000000396. The minimum atomic E-state index is -0.0347. The highest BCUT2D eigenvalue weighted by molar-refractivity contribution is 5.35. The molecule has 0 radical (unpaired) electrons. The first-order valence-corrected chi connectivity index (χ1v) is 4.76. The van der Waals surface area contributed by atoms with Gasteiger partial charge in [0.25, 0.3) is 0 Å². The van der Waals surface area contributed by atoms with Gasteiger partial charge in [-0.3, -0.25) is 0 Å². The maximum atomic E-state index is 13.3. The molecule has 0 spiro atoms. The second-order valence-electron chi connectivity index (χ2n) is 2.94. The molecule has 2 rings (SSSR count). The van der Waals surface area contributed by atoms with Gasteiger partial charge in [-0.2, -0.15) is 0 Å². The molecule has 0 unspecified atom stereocenters. The smallest absolute Gasteiger partial charge is 0.130 e. The Bertz CT molecular complexity index is 294. The number of hydrogen-bond acceptors (Lipinski definition) is 1. The first-order valence-electron chi connectivity index (χ1n) is 4.76. The average Bonchev–Trinajstić information content (AvgIpc) is 2.63. The van der Waals surface area contributed by atoms with Gasteiger partial charge in [-0.15, -0.1) is 0 Å². The van der Waals surface area contributed by atoms with E-state index in [2.05, 4.69) is 5.32 Å². The number of halogens is 1. The molecule has 1 aromatic carbocycles. The third kappa shape index (κ3) is 1.89. The molecule has 0 fully saturated rings. The fraction of sp³-hybridized carbons (Fsp3) is 0.455. The summed E-state index contributed by atoms with van der Waals surface area (Å²) in [7, 11) is 0. The molecular formula is C11H16FN. The molecule has 0 aromatic heterocycles. The molecule has 72 valence electrons. The molecule has 1 heterocycles. The van der Waals surface area contributed by atoms with Crippen LogP contribution in [0, 0.1) is 12.7 Å². The Hall–Kier alpha value is -0.890. The lowest BCUT2D eigenvalue weighted by atomic mass is 10.1. The van der Waals surface area contributed by atoms with Crippen molar-refractivity contribution in [2.45, 2.75) is 33.9 Å². The Labute approximate surface area is 79.0 Å². The average molecular weight is 181 g/mol. The van der Waals surface area contributed by atoms with Gasteiger partial charge in [-0.1, -0.05) is 26.0 Å². The molecule has 13 heavy (non-hydrogen) atoms. The van der Waals surface area contributed by atoms with Crippen molar-refractivity contribution in [2.75, 3.05) is 0 Å². The molecule has 2 heteroatoms. The number of rotatable bonds is 0. The van der Waals surface area contributed by atoms with E-state index in [1.54, 1.807) is 6.92 Å². The largest absolute Gasteiger partial charge is 0.308 e. The summed E-state index contributed by atoms with van der Waals surface area (Å²) in [5.74, 6) is -0.0347. The van der Waals surface area contributed by atoms with Crippen molar-refractivity contribution in [1.82, 2.24) is 5.32 Å². The monoisotopic (exact) mass is 181 g/mol. The van der Waals surface area contributed by atoms with E-state index >= 15 is 0 Å². The van der Waals surface area contributed by atoms with Crippen LogP contribution in [0.2, 0.25) is 0 Å². The van der Waals surface area contributed by atoms with Gasteiger partial charge in [0.05, 0.1) is 0 Å². The van der Waals surface area contributed by atoms with E-state index in [4.69, 9.17) is 0 Å². The highest BCUT2D eigenvalue weighted by Gasteiger charge is 2.14. The van der Waals surface area contributed by atoms with Crippen LogP contribution in [-0.2, 0) is 13.1 Å². The zero-order chi connectivity index (χ0) is 9.84. The molecule has 1 N–H and O–H groups in total. The fourth-order valence-corrected chi connectivity index (χ4v) is 1.46. The third-order valence-electron chi connectivity index (χ3n) is 2.15. The molecular weight excluding hydrogens is 165 g/mol. The van der Waals surface area contributed by atoms with E-state index in [-0.39, 0.29) is 5.82 Å². The Kier molecular flexibility index (Phi) is 3.43. The number of nitrogens with one attached hydrogen (secondary N) is 1. The van der Waals surface area contributed by atoms with Gasteiger partial charge in [0.1, 0.15) is 5.82 Å². The highest BCUT2D eigenvalue weighted by atomic mass is 19.1. The molecule has 0 atom stereocenters. The zero-order valence-corrected chi connectivity index (χ0v) is 8.45. The van der Waals surface area contributed by atoms with Gasteiger partial charge in [-0.05, 0) is 18.1 Å². The predicted molar refractivity (Wildman–Crippen MR) is 53.0 cm³/mol. The van der Waals surface area contributed by atoms with Gasteiger partial charge in [0, 0.05) is 18.7 Å². The van der Waals surface area contributed by atoms with Crippen LogP contribution in [-0.4, -0.2) is 0 Å². The highest BCUT2D eigenvalue weighted by Crippen LogP contribution is 2.20. The van der Waals surface area contributed by atoms with Crippen LogP contribution < -0.4 is 5.32 Å². The van der Waals surface area contributed by atoms with Gasteiger partial charge in [0.15, 0.2) is 0 Å². The first-order chi connectivity index (χ1) is 6.29. The summed E-state index contributed by atoms with van der Waals surface area (Å²) in [5.41, 5.74) is 2.70. The normalized spacial score (nSPS) is 13.2. The topological polar surface area (TPSA) is 12.0 Å². The summed E-state index contributed by atoms with van der Waals surface area (Å²) in [5, 5.41) is 3.12. The van der Waals surface area contributed by atoms with Crippen LogP contribution >= 0.6 is 0 Å². The van der Waals surface area contributed by atoms with E-state index in [1.807, 2.05) is 26.0 Å². The van der Waals surface area contributed by atoms with Crippen molar-refractivity contribution >= 4 is 0 Å². The zero-order valence-electron chi connectivity index (χ0n) is 8.45. The number of aryl methyl sites for hydroxylation is 1. The van der Waals surface area contributed by atoms with Gasteiger partial charge in [0.2, 0.25) is 0 Å². The maximum absolute atomic E-state index is 13.3. The summed E-state index contributed by atoms with van der Waals surface area (Å²) in [6, 6.07) is 3.83. The van der Waals surface area contributed by atoms with Gasteiger partial charge >= 0.3 is 0 Å². The molecule has 0 aliphatic carbocycles. The van der Waals surface area contributed by atoms with Crippen molar-refractivity contribution in [3.8, 4) is 0 Å². The third-order valence-corrected chi connectivity index (χ3v) is 2.15. The van der Waals surface area contributed by atoms with Crippen molar-refractivity contribution in [3.05, 3.63) is 34.6 Å². The van der Waals surface area contributed by atoms with E-state index < -0.39 is 0 Å².